The highest BCUT2D eigenvalue weighted by molar-refractivity contribution is 9.10. The summed E-state index contributed by atoms with van der Waals surface area (Å²) in [5, 5.41) is 9.12. The number of likely N-dealkylation sites (tertiary alicyclic amines) is 1. The van der Waals surface area contributed by atoms with E-state index in [-0.39, 0.29) is 18.4 Å². The Bertz CT molecular complexity index is 484. The van der Waals surface area contributed by atoms with Gasteiger partial charge in [-0.25, -0.2) is 13.6 Å². The molecule has 19 heavy (non-hydrogen) atoms. The van der Waals surface area contributed by atoms with Crippen LogP contribution >= 0.6 is 15.9 Å². The maximum absolute atomic E-state index is 13.1. The molecule has 0 aliphatic carbocycles. The average Bonchev–Trinajstić information content (AvgIpc) is 2.31. The second-order valence-corrected chi connectivity index (χ2v) is 5.65. The van der Waals surface area contributed by atoms with E-state index in [0.717, 1.165) is 4.47 Å². The standard InChI is InChI=1S/C13H14BrF2NO2/c14-10-1-2-11(12(18)19)9(7-10)8-17-5-3-13(15,16)4-6-17/h1-2,7H,3-6,8H2,(H,18,19). The van der Waals surface area contributed by atoms with Crippen molar-refractivity contribution in [2.45, 2.75) is 25.3 Å². The van der Waals surface area contributed by atoms with Gasteiger partial charge in [0, 0.05) is 36.9 Å². The van der Waals surface area contributed by atoms with Gasteiger partial charge in [-0.15, -0.1) is 0 Å². The number of benzene rings is 1. The summed E-state index contributed by atoms with van der Waals surface area (Å²) < 4.78 is 26.9. The van der Waals surface area contributed by atoms with Crippen LogP contribution in [0.15, 0.2) is 22.7 Å². The zero-order chi connectivity index (χ0) is 14.0. The van der Waals surface area contributed by atoms with Crippen molar-refractivity contribution < 1.29 is 18.7 Å². The van der Waals surface area contributed by atoms with Gasteiger partial charge in [-0.05, 0) is 23.8 Å². The normalized spacial score (nSPS) is 19.3. The Morgan fingerprint density at radius 2 is 2.00 bits per heavy atom. The molecular weight excluding hydrogens is 320 g/mol. The third-order valence-corrected chi connectivity index (χ3v) is 3.77. The van der Waals surface area contributed by atoms with Crippen LogP contribution in [0.25, 0.3) is 0 Å². The summed E-state index contributed by atoms with van der Waals surface area (Å²) in [4.78, 5) is 13.0. The van der Waals surface area contributed by atoms with Gasteiger partial charge in [0.1, 0.15) is 0 Å². The number of alkyl halides is 2. The molecule has 0 radical (unpaired) electrons. The number of carbonyl (C=O) groups is 1. The Morgan fingerprint density at radius 1 is 1.37 bits per heavy atom. The second kappa shape index (κ2) is 5.54. The van der Waals surface area contributed by atoms with Crippen LogP contribution in [0.3, 0.4) is 0 Å². The molecule has 0 amide bonds. The molecule has 0 unspecified atom stereocenters. The third kappa shape index (κ3) is 3.73. The van der Waals surface area contributed by atoms with E-state index in [0.29, 0.717) is 25.2 Å². The highest BCUT2D eigenvalue weighted by atomic mass is 79.9. The molecule has 104 valence electrons. The number of hydrogen-bond donors (Lipinski definition) is 1. The van der Waals surface area contributed by atoms with Gasteiger partial charge in [0.05, 0.1) is 5.56 Å². The molecule has 1 aliphatic heterocycles. The Hall–Kier alpha value is -1.01. The third-order valence-electron chi connectivity index (χ3n) is 3.28. The Kier molecular flexibility index (Phi) is 4.20. The first kappa shape index (κ1) is 14.4. The van der Waals surface area contributed by atoms with Crippen molar-refractivity contribution in [3.63, 3.8) is 0 Å². The van der Waals surface area contributed by atoms with E-state index in [1.807, 2.05) is 4.90 Å². The molecule has 1 heterocycles. The first-order valence-electron chi connectivity index (χ1n) is 5.99. The molecule has 2 rings (SSSR count). The predicted octanol–water partition coefficient (Wildman–Crippen LogP) is 3.38. The van der Waals surface area contributed by atoms with Gasteiger partial charge in [-0.3, -0.25) is 4.90 Å². The van der Waals surface area contributed by atoms with E-state index < -0.39 is 11.9 Å². The van der Waals surface area contributed by atoms with Gasteiger partial charge in [-0.2, -0.15) is 0 Å². The van der Waals surface area contributed by atoms with Gasteiger partial charge >= 0.3 is 5.97 Å². The number of rotatable bonds is 3. The number of aromatic carboxylic acids is 1. The van der Waals surface area contributed by atoms with Crippen LogP contribution in [0.2, 0.25) is 0 Å². The fourth-order valence-electron chi connectivity index (χ4n) is 2.18. The fraction of sp³-hybridized carbons (Fsp3) is 0.462. The van der Waals surface area contributed by atoms with Crippen LogP contribution in [-0.2, 0) is 6.54 Å². The number of hydrogen-bond acceptors (Lipinski definition) is 2. The summed E-state index contributed by atoms with van der Waals surface area (Å²) in [5.74, 6) is -3.58. The van der Waals surface area contributed by atoms with Crippen molar-refractivity contribution in [3.05, 3.63) is 33.8 Å². The topological polar surface area (TPSA) is 40.5 Å². The number of piperidine rings is 1. The quantitative estimate of drug-likeness (QED) is 0.921. The van der Waals surface area contributed by atoms with Crippen molar-refractivity contribution in [2.24, 2.45) is 0 Å². The zero-order valence-electron chi connectivity index (χ0n) is 10.2. The SMILES string of the molecule is O=C(O)c1ccc(Br)cc1CN1CCC(F)(F)CC1. The lowest BCUT2D eigenvalue weighted by molar-refractivity contribution is -0.0567. The van der Waals surface area contributed by atoms with Gasteiger partial charge in [-0.1, -0.05) is 15.9 Å². The maximum Gasteiger partial charge on any atom is 0.336 e. The molecule has 0 bridgehead atoms. The van der Waals surface area contributed by atoms with Crippen LogP contribution in [0.4, 0.5) is 8.78 Å². The molecule has 3 nitrogen and oxygen atoms in total. The summed E-state index contributed by atoms with van der Waals surface area (Å²) in [6.07, 6.45) is -0.327. The monoisotopic (exact) mass is 333 g/mol. The molecule has 0 aromatic heterocycles. The number of halogens is 3. The second-order valence-electron chi connectivity index (χ2n) is 4.74. The predicted molar refractivity (Wildman–Crippen MR) is 70.6 cm³/mol. The van der Waals surface area contributed by atoms with Gasteiger partial charge in [0.25, 0.3) is 5.92 Å². The van der Waals surface area contributed by atoms with Gasteiger partial charge in [0.2, 0.25) is 0 Å². The molecular formula is C13H14BrF2NO2. The van der Waals surface area contributed by atoms with E-state index in [2.05, 4.69) is 15.9 Å². The Balaban J connectivity index is 2.11. The fourth-order valence-corrected chi connectivity index (χ4v) is 2.59. The first-order chi connectivity index (χ1) is 8.87. The lowest BCUT2D eigenvalue weighted by atomic mass is 10.0. The minimum atomic E-state index is -2.58. The molecule has 0 spiro atoms. The molecule has 1 N–H and O–H groups in total. The molecule has 0 atom stereocenters. The van der Waals surface area contributed by atoms with E-state index in [1.165, 1.54) is 6.07 Å². The van der Waals surface area contributed by atoms with Crippen molar-refractivity contribution in [1.82, 2.24) is 4.90 Å². The van der Waals surface area contributed by atoms with Crippen LogP contribution in [0.5, 0.6) is 0 Å². The summed E-state index contributed by atoms with van der Waals surface area (Å²) in [7, 11) is 0. The van der Waals surface area contributed by atoms with E-state index in [4.69, 9.17) is 5.11 Å². The summed E-state index contributed by atoms with van der Waals surface area (Å²) in [6.45, 7) is 0.967. The van der Waals surface area contributed by atoms with Crippen LogP contribution in [0.1, 0.15) is 28.8 Å². The molecule has 1 aromatic rings. The summed E-state index contributed by atoms with van der Waals surface area (Å²) in [5.41, 5.74) is 0.868. The summed E-state index contributed by atoms with van der Waals surface area (Å²) >= 11 is 3.30. The van der Waals surface area contributed by atoms with Gasteiger partial charge < -0.3 is 5.11 Å². The molecule has 1 fully saturated rings. The van der Waals surface area contributed by atoms with Crippen LogP contribution in [0, 0.1) is 0 Å². The maximum atomic E-state index is 13.1. The highest BCUT2D eigenvalue weighted by Crippen LogP contribution is 2.29. The smallest absolute Gasteiger partial charge is 0.336 e. The van der Waals surface area contributed by atoms with Crippen molar-refractivity contribution in [3.8, 4) is 0 Å². The van der Waals surface area contributed by atoms with E-state index in [1.54, 1.807) is 12.1 Å². The number of carboxylic acid groups (broad SMARTS) is 1. The molecule has 6 heteroatoms. The van der Waals surface area contributed by atoms with E-state index in [9.17, 15) is 13.6 Å². The van der Waals surface area contributed by atoms with Crippen LogP contribution in [-0.4, -0.2) is 35.0 Å². The largest absolute Gasteiger partial charge is 0.478 e. The molecule has 1 aromatic carbocycles. The van der Waals surface area contributed by atoms with E-state index >= 15 is 0 Å². The Morgan fingerprint density at radius 3 is 2.58 bits per heavy atom. The molecule has 1 aliphatic rings. The van der Waals surface area contributed by atoms with Crippen molar-refractivity contribution in [2.75, 3.05) is 13.1 Å². The summed E-state index contributed by atoms with van der Waals surface area (Å²) in [6, 6.07) is 4.92. The highest BCUT2D eigenvalue weighted by Gasteiger charge is 2.34. The van der Waals surface area contributed by atoms with Crippen molar-refractivity contribution in [1.29, 1.82) is 0 Å². The zero-order valence-corrected chi connectivity index (χ0v) is 11.8. The number of carboxylic acids is 1. The lowest BCUT2D eigenvalue weighted by Gasteiger charge is -2.31. The first-order valence-corrected chi connectivity index (χ1v) is 6.79. The minimum absolute atomic E-state index is 0.163. The molecule has 0 saturated carbocycles. The van der Waals surface area contributed by atoms with Gasteiger partial charge in [0.15, 0.2) is 0 Å². The lowest BCUT2D eigenvalue weighted by Crippen LogP contribution is -2.39. The minimum Gasteiger partial charge on any atom is -0.478 e. The van der Waals surface area contributed by atoms with Crippen molar-refractivity contribution >= 4 is 21.9 Å². The number of nitrogens with zero attached hydrogens (tertiary/aromatic N) is 1. The molecule has 1 saturated heterocycles. The van der Waals surface area contributed by atoms with Crippen LogP contribution < -0.4 is 0 Å². The Labute approximate surface area is 118 Å². The average molecular weight is 334 g/mol.